The molecule has 1 aromatic carbocycles. The number of halogens is 2. The second kappa shape index (κ2) is 5.31. The van der Waals surface area contributed by atoms with Crippen LogP contribution in [0.3, 0.4) is 0 Å². The summed E-state index contributed by atoms with van der Waals surface area (Å²) in [6, 6.07) is 5.68. The van der Waals surface area contributed by atoms with Gasteiger partial charge >= 0.3 is 6.09 Å². The van der Waals surface area contributed by atoms with Gasteiger partial charge < -0.3 is 4.74 Å². The Morgan fingerprint density at radius 1 is 1.41 bits per heavy atom. The number of hydrogen-bond acceptors (Lipinski definition) is 4. The van der Waals surface area contributed by atoms with Crippen LogP contribution in [0.25, 0.3) is 10.9 Å². The van der Waals surface area contributed by atoms with Crippen LogP contribution in [0.5, 0.6) is 5.75 Å². The SMILES string of the molecule is NNC(=O)Oc1c(I)cc(I)c2cccnc12. The number of fused-ring (bicyclic) bond motifs is 1. The quantitative estimate of drug-likeness (QED) is 0.300. The van der Waals surface area contributed by atoms with Crippen LogP contribution in [0.4, 0.5) is 4.79 Å². The second-order valence-electron chi connectivity index (χ2n) is 3.10. The van der Waals surface area contributed by atoms with E-state index in [4.69, 9.17) is 10.6 Å². The number of nitrogens with one attached hydrogen (secondary N) is 1. The number of carbonyl (C=O) groups excluding carboxylic acids is 1. The molecule has 0 fully saturated rings. The van der Waals surface area contributed by atoms with Gasteiger partial charge in [0.05, 0.1) is 3.57 Å². The Labute approximate surface area is 124 Å². The number of benzene rings is 1. The first kappa shape index (κ1) is 12.8. The van der Waals surface area contributed by atoms with Crippen molar-refractivity contribution in [3.05, 3.63) is 31.5 Å². The largest absolute Gasteiger partial charge is 0.426 e. The molecule has 0 aliphatic rings. The lowest BCUT2D eigenvalue weighted by Gasteiger charge is -2.09. The van der Waals surface area contributed by atoms with E-state index in [1.54, 1.807) is 6.20 Å². The van der Waals surface area contributed by atoms with E-state index in [0.29, 0.717) is 11.3 Å². The monoisotopic (exact) mass is 455 g/mol. The van der Waals surface area contributed by atoms with Crippen molar-refractivity contribution >= 4 is 62.2 Å². The molecule has 0 saturated heterocycles. The van der Waals surface area contributed by atoms with Gasteiger partial charge in [-0.3, -0.25) is 10.4 Å². The van der Waals surface area contributed by atoms with Gasteiger partial charge in [-0.25, -0.2) is 10.6 Å². The number of pyridine rings is 1. The van der Waals surface area contributed by atoms with Gasteiger partial charge in [0, 0.05) is 15.2 Å². The van der Waals surface area contributed by atoms with Crippen LogP contribution in [0.1, 0.15) is 0 Å². The summed E-state index contributed by atoms with van der Waals surface area (Å²) in [5, 5.41) is 0.938. The summed E-state index contributed by atoms with van der Waals surface area (Å²) in [6.07, 6.45) is 0.943. The summed E-state index contributed by atoms with van der Waals surface area (Å²) >= 11 is 4.31. The van der Waals surface area contributed by atoms with Gasteiger partial charge in [-0.15, -0.1) is 0 Å². The van der Waals surface area contributed by atoms with Gasteiger partial charge in [0.1, 0.15) is 5.52 Å². The van der Waals surface area contributed by atoms with Crippen molar-refractivity contribution in [1.29, 1.82) is 0 Å². The van der Waals surface area contributed by atoms with Crippen molar-refractivity contribution in [1.82, 2.24) is 10.4 Å². The molecule has 0 unspecified atom stereocenters. The summed E-state index contributed by atoms with van der Waals surface area (Å²) < 4.78 is 6.97. The molecule has 2 rings (SSSR count). The zero-order chi connectivity index (χ0) is 12.4. The number of ether oxygens (including phenoxy) is 1. The molecule has 17 heavy (non-hydrogen) atoms. The smallest absolute Gasteiger partial charge is 0.406 e. The topological polar surface area (TPSA) is 77.2 Å². The molecule has 1 amide bonds. The Bertz CT molecular complexity index is 589. The molecule has 7 heteroatoms. The third kappa shape index (κ3) is 2.60. The van der Waals surface area contributed by atoms with Crippen molar-refractivity contribution in [2.45, 2.75) is 0 Å². The van der Waals surface area contributed by atoms with Crippen LogP contribution < -0.4 is 16.0 Å². The average molecular weight is 455 g/mol. The number of nitrogens with zero attached hydrogens (tertiary/aromatic N) is 1. The lowest BCUT2D eigenvalue weighted by molar-refractivity contribution is 0.201. The summed E-state index contributed by atoms with van der Waals surface area (Å²) in [5.41, 5.74) is 2.57. The first-order valence-electron chi connectivity index (χ1n) is 4.54. The molecule has 0 atom stereocenters. The summed E-state index contributed by atoms with van der Waals surface area (Å²) in [4.78, 5) is 15.4. The van der Waals surface area contributed by atoms with Gasteiger partial charge in [-0.05, 0) is 57.3 Å². The third-order valence-corrected chi connectivity index (χ3v) is 3.76. The van der Waals surface area contributed by atoms with Crippen molar-refractivity contribution < 1.29 is 9.53 Å². The van der Waals surface area contributed by atoms with Crippen LogP contribution in [-0.2, 0) is 0 Å². The Balaban J connectivity index is 2.65. The molecule has 3 N–H and O–H groups in total. The Morgan fingerprint density at radius 2 is 2.18 bits per heavy atom. The number of rotatable bonds is 1. The van der Waals surface area contributed by atoms with Crippen LogP contribution in [-0.4, -0.2) is 11.1 Å². The minimum atomic E-state index is -0.712. The van der Waals surface area contributed by atoms with Crippen molar-refractivity contribution in [2.24, 2.45) is 5.84 Å². The van der Waals surface area contributed by atoms with E-state index < -0.39 is 6.09 Å². The minimum Gasteiger partial charge on any atom is -0.406 e. The fourth-order valence-electron chi connectivity index (χ4n) is 1.37. The van der Waals surface area contributed by atoms with E-state index in [9.17, 15) is 4.79 Å². The number of hydrogen-bond donors (Lipinski definition) is 2. The molecule has 0 bridgehead atoms. The van der Waals surface area contributed by atoms with Crippen LogP contribution >= 0.6 is 45.2 Å². The molecule has 0 saturated carbocycles. The highest BCUT2D eigenvalue weighted by atomic mass is 127. The van der Waals surface area contributed by atoms with Gasteiger partial charge in [-0.2, -0.15) is 0 Å². The number of aromatic nitrogens is 1. The van der Waals surface area contributed by atoms with Crippen molar-refractivity contribution in [3.63, 3.8) is 0 Å². The average Bonchev–Trinajstić information content (AvgIpc) is 2.34. The highest BCUT2D eigenvalue weighted by molar-refractivity contribution is 14.1. The van der Waals surface area contributed by atoms with Crippen molar-refractivity contribution in [3.8, 4) is 5.75 Å². The molecular weight excluding hydrogens is 448 g/mol. The van der Waals surface area contributed by atoms with Crippen LogP contribution in [0.2, 0.25) is 0 Å². The molecular formula is C10H7I2N3O2. The zero-order valence-electron chi connectivity index (χ0n) is 8.41. The first-order chi connectivity index (χ1) is 8.13. The highest BCUT2D eigenvalue weighted by Crippen LogP contribution is 2.32. The maximum Gasteiger partial charge on any atom is 0.426 e. The maximum atomic E-state index is 11.2. The van der Waals surface area contributed by atoms with E-state index in [0.717, 1.165) is 12.5 Å². The van der Waals surface area contributed by atoms with E-state index in [1.165, 1.54) is 0 Å². The normalized spacial score (nSPS) is 10.3. The molecule has 2 aromatic rings. The number of amides is 1. The lowest BCUT2D eigenvalue weighted by atomic mass is 10.2. The fraction of sp³-hybridized carbons (Fsp3) is 0. The van der Waals surface area contributed by atoms with E-state index in [-0.39, 0.29) is 0 Å². The minimum absolute atomic E-state index is 0.421. The Kier molecular flexibility index (Phi) is 3.99. The van der Waals surface area contributed by atoms with E-state index >= 15 is 0 Å². The number of carbonyl (C=O) groups is 1. The maximum absolute atomic E-state index is 11.2. The summed E-state index contributed by atoms with van der Waals surface area (Å²) in [7, 11) is 0. The Morgan fingerprint density at radius 3 is 2.88 bits per heavy atom. The molecule has 0 spiro atoms. The van der Waals surface area contributed by atoms with Gasteiger partial charge in [0.15, 0.2) is 5.75 Å². The molecule has 1 heterocycles. The predicted molar refractivity (Wildman–Crippen MR) is 80.5 cm³/mol. The third-order valence-electron chi connectivity index (χ3n) is 2.06. The van der Waals surface area contributed by atoms with E-state index in [2.05, 4.69) is 50.2 Å². The molecule has 0 radical (unpaired) electrons. The Hall–Kier alpha value is -0.680. The molecule has 5 nitrogen and oxygen atoms in total. The van der Waals surface area contributed by atoms with E-state index in [1.807, 2.05) is 23.6 Å². The van der Waals surface area contributed by atoms with Crippen LogP contribution in [0.15, 0.2) is 24.4 Å². The fourth-order valence-corrected chi connectivity index (χ4v) is 3.39. The molecule has 88 valence electrons. The molecule has 1 aromatic heterocycles. The highest BCUT2D eigenvalue weighted by Gasteiger charge is 2.14. The zero-order valence-corrected chi connectivity index (χ0v) is 12.7. The lowest BCUT2D eigenvalue weighted by Crippen LogP contribution is -2.33. The summed E-state index contributed by atoms with van der Waals surface area (Å²) in [5.74, 6) is 5.42. The van der Waals surface area contributed by atoms with Gasteiger partial charge in [-0.1, -0.05) is 6.07 Å². The van der Waals surface area contributed by atoms with Crippen molar-refractivity contribution in [2.75, 3.05) is 0 Å². The summed E-state index contributed by atoms with van der Waals surface area (Å²) in [6.45, 7) is 0. The second-order valence-corrected chi connectivity index (χ2v) is 5.43. The molecule has 0 aliphatic heterocycles. The first-order valence-corrected chi connectivity index (χ1v) is 6.70. The standard InChI is InChI=1S/C10H7I2N3O2/c11-6-4-7(12)9(17-10(16)15-13)8-5(6)2-1-3-14-8/h1-4H,13H2,(H,15,16). The predicted octanol–water partition coefficient (Wildman–Crippen LogP) is 2.41. The number of hydrazine groups is 1. The van der Waals surface area contributed by atoms with Gasteiger partial charge in [0.25, 0.3) is 0 Å². The molecule has 0 aliphatic carbocycles. The number of nitrogens with two attached hydrogens (primary N) is 1. The van der Waals surface area contributed by atoms with Crippen LogP contribution in [0, 0.1) is 7.14 Å². The van der Waals surface area contributed by atoms with Gasteiger partial charge in [0.2, 0.25) is 0 Å².